The van der Waals surface area contributed by atoms with E-state index in [4.69, 9.17) is 52.5 Å². The smallest absolute Gasteiger partial charge is 0.308 e. The van der Waals surface area contributed by atoms with Crippen molar-refractivity contribution in [3.8, 4) is 0 Å². The zero-order valence-corrected chi connectivity index (χ0v) is 53.2. The van der Waals surface area contributed by atoms with Gasteiger partial charge >= 0.3 is 65.7 Å². The molecule has 0 heterocycles. The van der Waals surface area contributed by atoms with Crippen molar-refractivity contribution in [2.75, 3.05) is 66.1 Å². The SMILES string of the molecule is CCC(C)C(=O)OCCCCCC(=O)OCCCCCC(=O)OCCCCCC(=O)OCCCCCC(=O)OCCCCCC(=O)OCCCCCC(=O)OCCCCCC(=O)OCCCCCC(=O)OCCCCCC(=O)OCCCCCC(=O)O. The van der Waals surface area contributed by atoms with Crippen LogP contribution in [0.5, 0.6) is 0 Å². The lowest BCUT2D eigenvalue weighted by atomic mass is 10.1. The number of unbranched alkanes of at least 4 members (excludes halogenated alkanes) is 20. The van der Waals surface area contributed by atoms with E-state index in [-0.39, 0.29) is 144 Å². The molecule has 0 aromatic carbocycles. The largest absolute Gasteiger partial charge is 0.481 e. The fraction of sp³-hybridized carbons (Fsp3) is 0.831. The Morgan fingerprint density at radius 3 is 0.529 bits per heavy atom. The zero-order valence-electron chi connectivity index (χ0n) is 53.2. The molecule has 0 aliphatic heterocycles. The molecule has 0 spiro atoms. The number of carboxylic acids is 1. The summed E-state index contributed by atoms with van der Waals surface area (Å²) >= 11 is 0. The van der Waals surface area contributed by atoms with Crippen molar-refractivity contribution >= 4 is 65.7 Å². The molecular formula is C65H110O22. The molecule has 1 unspecified atom stereocenters. The third-order valence-corrected chi connectivity index (χ3v) is 13.9. The minimum Gasteiger partial charge on any atom is -0.481 e. The maximum Gasteiger partial charge on any atom is 0.308 e. The summed E-state index contributed by atoms with van der Waals surface area (Å²) in [5, 5.41) is 8.62. The van der Waals surface area contributed by atoms with Crippen molar-refractivity contribution in [1.29, 1.82) is 0 Å². The minimum atomic E-state index is -0.828. The Morgan fingerprint density at radius 1 is 0.230 bits per heavy atom. The summed E-state index contributed by atoms with van der Waals surface area (Å²) in [6.45, 7) is 6.78. The molecule has 502 valence electrons. The third kappa shape index (κ3) is 60.3. The van der Waals surface area contributed by atoms with Gasteiger partial charge in [-0.15, -0.1) is 0 Å². The Hall–Kier alpha value is -5.83. The second-order valence-electron chi connectivity index (χ2n) is 22.0. The number of carboxylic acid groups (broad SMARTS) is 1. The standard InChI is InChI=1S/C65H110O22/c1-3-54(2)65(77)87-53-33-13-23-43-64(76)86-52-32-12-22-42-63(75)85-51-31-11-21-41-62(74)84-50-30-10-20-40-61(73)83-49-29-9-19-39-60(72)82-48-28-8-18-38-59(71)81-47-27-7-17-37-58(70)80-46-26-6-16-36-57(69)79-45-25-5-15-35-56(68)78-44-24-4-14-34-55(66)67/h54H,3-53H2,1-2H3,(H,66,67). The van der Waals surface area contributed by atoms with E-state index in [1.807, 2.05) is 13.8 Å². The third-order valence-electron chi connectivity index (χ3n) is 13.9. The number of carbonyl (C=O) groups excluding carboxylic acids is 10. The average molecular weight is 1240 g/mol. The number of hydrogen-bond donors (Lipinski definition) is 1. The normalized spacial score (nSPS) is 11.2. The molecule has 0 aromatic heterocycles. The highest BCUT2D eigenvalue weighted by atomic mass is 16.6. The van der Waals surface area contributed by atoms with Crippen molar-refractivity contribution in [3.63, 3.8) is 0 Å². The van der Waals surface area contributed by atoms with Gasteiger partial charge in [-0.1, -0.05) is 13.8 Å². The summed E-state index contributed by atoms with van der Waals surface area (Å²) < 4.78 is 52.6. The van der Waals surface area contributed by atoms with Gasteiger partial charge in [-0.2, -0.15) is 0 Å². The number of esters is 10. The van der Waals surface area contributed by atoms with Gasteiger partial charge in [-0.25, -0.2) is 0 Å². The molecule has 0 aliphatic carbocycles. The molecule has 0 amide bonds. The first-order valence-electron chi connectivity index (χ1n) is 32.9. The Labute approximate surface area is 518 Å². The Kier molecular flexibility index (Phi) is 56.4. The monoisotopic (exact) mass is 1240 g/mol. The molecule has 0 fully saturated rings. The predicted molar refractivity (Wildman–Crippen MR) is 321 cm³/mol. The molecule has 0 aliphatic rings. The van der Waals surface area contributed by atoms with E-state index in [1.165, 1.54) is 0 Å². The second-order valence-corrected chi connectivity index (χ2v) is 22.0. The van der Waals surface area contributed by atoms with Gasteiger partial charge in [0, 0.05) is 64.2 Å². The molecule has 0 aromatic rings. The molecule has 0 radical (unpaired) electrons. The summed E-state index contributed by atoms with van der Waals surface area (Å²) in [6, 6.07) is 0. The quantitative estimate of drug-likeness (QED) is 0.0336. The van der Waals surface area contributed by atoms with Crippen LogP contribution < -0.4 is 0 Å². The Morgan fingerprint density at radius 2 is 0.379 bits per heavy atom. The summed E-state index contributed by atoms with van der Waals surface area (Å²) in [7, 11) is 0. The highest BCUT2D eigenvalue weighted by Gasteiger charge is 2.13. The van der Waals surface area contributed by atoms with E-state index in [0.717, 1.165) is 57.8 Å². The molecule has 22 nitrogen and oxygen atoms in total. The van der Waals surface area contributed by atoms with Gasteiger partial charge in [-0.05, 0) is 199 Å². The molecule has 0 saturated carbocycles. The maximum atomic E-state index is 12.1. The lowest BCUT2D eigenvalue weighted by Crippen LogP contribution is -2.14. The number of rotatable bonds is 62. The number of hydrogen-bond acceptors (Lipinski definition) is 21. The molecule has 0 rings (SSSR count). The molecule has 0 bridgehead atoms. The first-order valence-corrected chi connectivity index (χ1v) is 32.9. The van der Waals surface area contributed by atoms with Gasteiger partial charge in [0.15, 0.2) is 0 Å². The summed E-state index contributed by atoms with van der Waals surface area (Å²) in [4.78, 5) is 130. The van der Waals surface area contributed by atoms with Crippen molar-refractivity contribution in [2.45, 2.75) is 277 Å². The van der Waals surface area contributed by atoms with E-state index in [2.05, 4.69) is 0 Å². The van der Waals surface area contributed by atoms with Crippen LogP contribution in [0.2, 0.25) is 0 Å². The van der Waals surface area contributed by atoms with Crippen LogP contribution in [0.3, 0.4) is 0 Å². The molecule has 0 saturated heterocycles. The first-order chi connectivity index (χ1) is 42.1. The summed E-state index contributed by atoms with van der Waals surface area (Å²) in [5.74, 6) is -3.57. The van der Waals surface area contributed by atoms with Crippen molar-refractivity contribution in [3.05, 3.63) is 0 Å². The van der Waals surface area contributed by atoms with Crippen molar-refractivity contribution < 1.29 is 105 Å². The van der Waals surface area contributed by atoms with Gasteiger partial charge in [0.1, 0.15) is 0 Å². The lowest BCUT2D eigenvalue weighted by molar-refractivity contribution is -0.148. The topological polar surface area (TPSA) is 300 Å². The fourth-order valence-corrected chi connectivity index (χ4v) is 8.29. The molecule has 22 heteroatoms. The summed E-state index contributed by atoms with van der Waals surface area (Å²) in [5.41, 5.74) is 0. The van der Waals surface area contributed by atoms with Crippen molar-refractivity contribution in [1.82, 2.24) is 0 Å². The van der Waals surface area contributed by atoms with Gasteiger partial charge in [0.05, 0.1) is 72.0 Å². The Balaban J connectivity index is 3.51. The minimum absolute atomic E-state index is 0.0937. The van der Waals surface area contributed by atoms with E-state index in [0.29, 0.717) is 194 Å². The van der Waals surface area contributed by atoms with E-state index in [1.54, 1.807) is 0 Å². The Bertz CT molecular complexity index is 1850. The van der Waals surface area contributed by atoms with Crippen LogP contribution in [0.1, 0.15) is 277 Å². The van der Waals surface area contributed by atoms with Gasteiger partial charge in [0.2, 0.25) is 0 Å². The van der Waals surface area contributed by atoms with Gasteiger partial charge in [-0.3, -0.25) is 52.7 Å². The highest BCUT2D eigenvalue weighted by molar-refractivity contribution is 5.73. The van der Waals surface area contributed by atoms with Crippen LogP contribution >= 0.6 is 0 Å². The molecular weight excluding hydrogens is 1130 g/mol. The van der Waals surface area contributed by atoms with Crippen LogP contribution in [-0.2, 0) is 100 Å². The van der Waals surface area contributed by atoms with Crippen LogP contribution in [0.25, 0.3) is 0 Å². The maximum absolute atomic E-state index is 12.1. The second kappa shape index (κ2) is 60.5. The fourth-order valence-electron chi connectivity index (χ4n) is 8.29. The molecule has 87 heavy (non-hydrogen) atoms. The van der Waals surface area contributed by atoms with Gasteiger partial charge < -0.3 is 52.5 Å². The lowest BCUT2D eigenvalue weighted by Gasteiger charge is -2.09. The van der Waals surface area contributed by atoms with Crippen molar-refractivity contribution in [2.24, 2.45) is 5.92 Å². The van der Waals surface area contributed by atoms with Crippen LogP contribution in [0.15, 0.2) is 0 Å². The van der Waals surface area contributed by atoms with Crippen LogP contribution in [0.4, 0.5) is 0 Å². The number of ether oxygens (including phenoxy) is 10. The van der Waals surface area contributed by atoms with E-state index < -0.39 is 5.97 Å². The van der Waals surface area contributed by atoms with Crippen LogP contribution in [-0.4, -0.2) is 137 Å². The first kappa shape index (κ1) is 81.2. The predicted octanol–water partition coefficient (Wildman–Crippen LogP) is 12.2. The molecule has 1 N–H and O–H groups in total. The van der Waals surface area contributed by atoms with E-state index >= 15 is 0 Å². The number of carbonyl (C=O) groups is 11. The summed E-state index contributed by atoms with van der Waals surface area (Å²) in [6.07, 6.45) is 23.7. The average Bonchev–Trinajstić information content (AvgIpc) is 3.49. The van der Waals surface area contributed by atoms with Gasteiger partial charge in [0.25, 0.3) is 0 Å². The zero-order chi connectivity index (χ0) is 64.1. The highest BCUT2D eigenvalue weighted by Crippen LogP contribution is 2.13. The molecule has 1 atom stereocenters. The number of aliphatic carboxylic acids is 1. The van der Waals surface area contributed by atoms with Crippen LogP contribution in [0, 0.1) is 5.92 Å². The van der Waals surface area contributed by atoms with E-state index in [9.17, 15) is 52.7 Å².